The minimum absolute atomic E-state index is 0.100. The Balaban J connectivity index is 1.57. The van der Waals surface area contributed by atoms with Gasteiger partial charge < -0.3 is 19.1 Å². The average Bonchev–Trinajstić information content (AvgIpc) is 2.92. The van der Waals surface area contributed by atoms with Crippen molar-refractivity contribution in [2.24, 2.45) is 0 Å². The van der Waals surface area contributed by atoms with Crippen LogP contribution in [0.5, 0.6) is 17.2 Å². The molecule has 0 radical (unpaired) electrons. The zero-order chi connectivity index (χ0) is 16.6. The first-order valence-corrected chi connectivity index (χ1v) is 9.19. The van der Waals surface area contributed by atoms with Crippen LogP contribution in [0.15, 0.2) is 18.2 Å². The van der Waals surface area contributed by atoms with Crippen LogP contribution in [-0.4, -0.2) is 56.2 Å². The van der Waals surface area contributed by atoms with Crippen molar-refractivity contribution >= 4 is 15.7 Å². The molecular formula is C15H19NO6S. The number of sulfone groups is 1. The van der Waals surface area contributed by atoms with E-state index in [1.807, 2.05) is 0 Å². The van der Waals surface area contributed by atoms with Gasteiger partial charge in [-0.1, -0.05) is 6.92 Å². The molecule has 3 rings (SSSR count). The highest BCUT2D eigenvalue weighted by atomic mass is 32.2. The molecule has 1 fully saturated rings. The summed E-state index contributed by atoms with van der Waals surface area (Å²) in [6.07, 6.45) is -0.694. The lowest BCUT2D eigenvalue weighted by atomic mass is 10.2. The van der Waals surface area contributed by atoms with Crippen LogP contribution in [0.1, 0.15) is 13.8 Å². The largest absolute Gasteiger partial charge is 0.481 e. The van der Waals surface area contributed by atoms with Gasteiger partial charge in [0.1, 0.15) is 5.75 Å². The fourth-order valence-electron chi connectivity index (χ4n) is 2.54. The van der Waals surface area contributed by atoms with E-state index in [2.05, 4.69) is 0 Å². The van der Waals surface area contributed by atoms with E-state index in [1.54, 1.807) is 32.0 Å². The molecule has 0 spiro atoms. The van der Waals surface area contributed by atoms with E-state index >= 15 is 0 Å². The SMILES string of the molecule is CCS(=O)(=O)C1CN(C(=O)[C@@H](C)Oc2ccc3c(c2)OCO3)C1. The zero-order valence-corrected chi connectivity index (χ0v) is 13.8. The molecule has 1 atom stereocenters. The van der Waals surface area contributed by atoms with Crippen molar-refractivity contribution in [2.75, 3.05) is 25.6 Å². The molecule has 0 aromatic heterocycles. The van der Waals surface area contributed by atoms with Crippen LogP contribution in [0.25, 0.3) is 0 Å². The number of nitrogens with zero attached hydrogens (tertiary/aromatic N) is 1. The molecule has 0 bridgehead atoms. The van der Waals surface area contributed by atoms with Crippen LogP contribution >= 0.6 is 0 Å². The number of fused-ring (bicyclic) bond motifs is 1. The Labute approximate surface area is 135 Å². The Hall–Kier alpha value is -1.96. The summed E-state index contributed by atoms with van der Waals surface area (Å²) in [7, 11) is -3.08. The molecule has 7 nitrogen and oxygen atoms in total. The van der Waals surface area contributed by atoms with E-state index < -0.39 is 21.2 Å². The maximum Gasteiger partial charge on any atom is 0.263 e. The molecule has 0 unspecified atom stereocenters. The van der Waals surface area contributed by atoms with Crippen LogP contribution < -0.4 is 14.2 Å². The average molecular weight is 341 g/mol. The van der Waals surface area contributed by atoms with Gasteiger partial charge in [-0.2, -0.15) is 0 Å². The van der Waals surface area contributed by atoms with Crippen molar-refractivity contribution in [3.63, 3.8) is 0 Å². The van der Waals surface area contributed by atoms with Crippen molar-refractivity contribution in [1.82, 2.24) is 4.90 Å². The molecule has 0 aliphatic carbocycles. The summed E-state index contributed by atoms with van der Waals surface area (Å²) in [5, 5.41) is -0.450. The lowest BCUT2D eigenvalue weighted by Gasteiger charge is -2.39. The Bertz CT molecular complexity index is 711. The summed E-state index contributed by atoms with van der Waals surface area (Å²) in [5.74, 6) is 1.62. The Morgan fingerprint density at radius 3 is 2.74 bits per heavy atom. The third kappa shape index (κ3) is 3.08. The van der Waals surface area contributed by atoms with E-state index in [9.17, 15) is 13.2 Å². The lowest BCUT2D eigenvalue weighted by molar-refractivity contribution is -0.141. The topological polar surface area (TPSA) is 82.1 Å². The van der Waals surface area contributed by atoms with Crippen molar-refractivity contribution in [3.05, 3.63) is 18.2 Å². The van der Waals surface area contributed by atoms with Crippen molar-refractivity contribution in [1.29, 1.82) is 0 Å². The monoisotopic (exact) mass is 341 g/mol. The Morgan fingerprint density at radius 2 is 2.04 bits per heavy atom. The fourth-order valence-corrected chi connectivity index (χ4v) is 3.83. The zero-order valence-electron chi connectivity index (χ0n) is 13.0. The van der Waals surface area contributed by atoms with Crippen LogP contribution in [0, 0.1) is 0 Å². The highest BCUT2D eigenvalue weighted by Crippen LogP contribution is 2.35. The minimum Gasteiger partial charge on any atom is -0.481 e. The molecule has 0 saturated carbocycles. The van der Waals surface area contributed by atoms with Gasteiger partial charge >= 0.3 is 0 Å². The number of benzene rings is 1. The van der Waals surface area contributed by atoms with Gasteiger partial charge in [0, 0.05) is 24.9 Å². The molecule has 0 N–H and O–H groups in total. The van der Waals surface area contributed by atoms with Crippen LogP contribution in [0.3, 0.4) is 0 Å². The fraction of sp³-hybridized carbons (Fsp3) is 0.533. The number of carbonyl (C=O) groups excluding carboxylic acids is 1. The van der Waals surface area contributed by atoms with Crippen molar-refractivity contribution in [2.45, 2.75) is 25.2 Å². The number of likely N-dealkylation sites (tertiary alicyclic amines) is 1. The summed E-state index contributed by atoms with van der Waals surface area (Å²) >= 11 is 0. The summed E-state index contributed by atoms with van der Waals surface area (Å²) in [5.41, 5.74) is 0. The molecule has 2 heterocycles. The molecule has 1 saturated heterocycles. The van der Waals surface area contributed by atoms with E-state index in [0.717, 1.165) is 0 Å². The van der Waals surface area contributed by atoms with E-state index in [4.69, 9.17) is 14.2 Å². The molecule has 8 heteroatoms. The molecule has 126 valence electrons. The predicted octanol–water partition coefficient (Wildman–Crippen LogP) is 0.828. The summed E-state index contributed by atoms with van der Waals surface area (Å²) in [6, 6.07) is 5.10. The minimum atomic E-state index is -3.08. The summed E-state index contributed by atoms with van der Waals surface area (Å²) < 4.78 is 39.6. The number of hydrogen-bond acceptors (Lipinski definition) is 6. The molecular weight excluding hydrogens is 322 g/mol. The van der Waals surface area contributed by atoms with E-state index in [-0.39, 0.29) is 31.5 Å². The third-order valence-electron chi connectivity index (χ3n) is 4.07. The molecule has 1 aromatic rings. The van der Waals surface area contributed by atoms with Crippen LogP contribution in [-0.2, 0) is 14.6 Å². The van der Waals surface area contributed by atoms with Gasteiger partial charge in [-0.05, 0) is 19.1 Å². The molecule has 1 aromatic carbocycles. The predicted molar refractivity (Wildman–Crippen MR) is 82.5 cm³/mol. The van der Waals surface area contributed by atoms with E-state index in [0.29, 0.717) is 17.2 Å². The van der Waals surface area contributed by atoms with E-state index in [1.165, 1.54) is 4.90 Å². The van der Waals surface area contributed by atoms with Gasteiger partial charge in [-0.15, -0.1) is 0 Å². The third-order valence-corrected chi connectivity index (χ3v) is 6.19. The first kappa shape index (κ1) is 15.9. The molecule has 23 heavy (non-hydrogen) atoms. The maximum absolute atomic E-state index is 12.3. The maximum atomic E-state index is 12.3. The number of ether oxygens (including phenoxy) is 3. The number of rotatable bonds is 5. The van der Waals surface area contributed by atoms with Gasteiger partial charge in [-0.25, -0.2) is 8.42 Å². The summed E-state index contributed by atoms with van der Waals surface area (Å²) in [6.45, 7) is 3.92. The number of amides is 1. The van der Waals surface area contributed by atoms with Crippen LogP contribution in [0.2, 0.25) is 0 Å². The second-order valence-electron chi connectivity index (χ2n) is 5.59. The molecule has 2 aliphatic heterocycles. The normalized spacial score (nSPS) is 18.4. The second kappa shape index (κ2) is 5.92. The van der Waals surface area contributed by atoms with Crippen LogP contribution in [0.4, 0.5) is 0 Å². The second-order valence-corrected chi connectivity index (χ2v) is 8.16. The first-order chi connectivity index (χ1) is 10.9. The van der Waals surface area contributed by atoms with Gasteiger partial charge in [0.2, 0.25) is 6.79 Å². The van der Waals surface area contributed by atoms with Crippen molar-refractivity contribution < 1.29 is 27.4 Å². The number of hydrogen-bond donors (Lipinski definition) is 0. The molecule has 2 aliphatic rings. The highest BCUT2D eigenvalue weighted by Gasteiger charge is 2.40. The standard InChI is InChI=1S/C15H19NO6S/c1-3-23(18,19)12-7-16(8-12)15(17)10(2)22-11-4-5-13-14(6-11)21-9-20-13/h4-6,10,12H,3,7-9H2,1-2H3/t10-/m1/s1. The summed E-state index contributed by atoms with van der Waals surface area (Å²) in [4.78, 5) is 13.8. The van der Waals surface area contributed by atoms with Gasteiger partial charge in [-0.3, -0.25) is 4.79 Å². The van der Waals surface area contributed by atoms with Gasteiger partial charge in [0.25, 0.3) is 5.91 Å². The van der Waals surface area contributed by atoms with Crippen molar-refractivity contribution in [3.8, 4) is 17.2 Å². The van der Waals surface area contributed by atoms with Gasteiger partial charge in [0.15, 0.2) is 27.4 Å². The Morgan fingerprint density at radius 1 is 1.35 bits per heavy atom. The highest BCUT2D eigenvalue weighted by molar-refractivity contribution is 7.92. The smallest absolute Gasteiger partial charge is 0.263 e. The first-order valence-electron chi connectivity index (χ1n) is 7.47. The Kier molecular flexibility index (Phi) is 4.09. The lowest BCUT2D eigenvalue weighted by Crippen LogP contribution is -2.59. The van der Waals surface area contributed by atoms with Gasteiger partial charge in [0.05, 0.1) is 5.25 Å². The molecule has 1 amide bonds. The quantitative estimate of drug-likeness (QED) is 0.789. The number of carbonyl (C=O) groups is 1.